The molecule has 0 amide bonds. The summed E-state index contributed by atoms with van der Waals surface area (Å²) in [5, 5.41) is 1.10. The van der Waals surface area contributed by atoms with Crippen LogP contribution < -0.4 is 19.3 Å². The lowest BCUT2D eigenvalue weighted by molar-refractivity contribution is -0.129. The minimum absolute atomic E-state index is 0.447. The smallest absolute Gasteiger partial charge is 0.335 e. The first-order chi connectivity index (χ1) is 36.2. The van der Waals surface area contributed by atoms with Gasteiger partial charge in [0.05, 0.1) is 21.4 Å². The molecule has 0 fully saturated rings. The summed E-state index contributed by atoms with van der Waals surface area (Å²) >= 11 is 14.7. The number of hydrogen-bond acceptors (Lipinski definition) is 6. The van der Waals surface area contributed by atoms with Gasteiger partial charge in [0.2, 0.25) is 0 Å². The van der Waals surface area contributed by atoms with Crippen molar-refractivity contribution in [1.29, 1.82) is 0 Å². The highest BCUT2D eigenvalue weighted by Crippen LogP contribution is 2.45. The molecule has 0 N–H and O–H groups in total. The maximum atomic E-state index is 11.8. The molecule has 0 aromatic heterocycles. The molecule has 6 nitrogen and oxygen atoms in total. The summed E-state index contributed by atoms with van der Waals surface area (Å²) in [6, 6.07) is 81.1. The summed E-state index contributed by atoms with van der Waals surface area (Å²) < 4.78 is 10.6. The van der Waals surface area contributed by atoms with Crippen molar-refractivity contribution in [3.05, 3.63) is 278 Å². The first-order valence-corrected chi connectivity index (χ1v) is 24.6. The van der Waals surface area contributed by atoms with E-state index in [2.05, 4.69) is 156 Å². The van der Waals surface area contributed by atoms with E-state index in [1.54, 1.807) is 24.3 Å². The van der Waals surface area contributed by atoms with Gasteiger partial charge in [-0.1, -0.05) is 182 Å². The second-order valence-electron chi connectivity index (χ2n) is 17.2. The normalized spacial score (nSPS) is 10.8. The Morgan fingerprint density at radius 1 is 0.324 bits per heavy atom. The molecule has 0 unspecified atom stereocenters. The van der Waals surface area contributed by atoms with Crippen molar-refractivity contribution >= 4 is 69.3 Å². The average molecular weight is 1000 g/mol. The number of esters is 2. The molecule has 0 radical (unpaired) electrons. The summed E-state index contributed by atoms with van der Waals surface area (Å²) in [4.78, 5) is 27.8. The summed E-state index contributed by atoms with van der Waals surface area (Å²) in [6.07, 6.45) is 2.28. The molecule has 10 rings (SSSR count). The van der Waals surface area contributed by atoms with Gasteiger partial charge in [0.25, 0.3) is 0 Å². The Morgan fingerprint density at radius 3 is 0.824 bits per heavy atom. The van der Waals surface area contributed by atoms with Crippen LogP contribution >= 0.6 is 23.2 Å². The third-order valence-corrected chi connectivity index (χ3v) is 13.2. The zero-order valence-corrected chi connectivity index (χ0v) is 41.5. The van der Waals surface area contributed by atoms with Gasteiger partial charge in [-0.25, -0.2) is 9.59 Å². The standard InChI is InChI=1S/C66H46Cl2N2O4/c1-3-65(71)73-59-37-23-51(24-38-59)49-19-33-57(34-20-49)69(55-29-15-47(16-30-55)45-11-7-5-8-12-45)63-41-27-53(43-61(63)67)54-28-42-64(62(68)44-54)70(56-31-17-48(18-32-56)46-13-9-6-10-14-46)58-35-21-50(22-36-58)52-25-39-60(40-26-52)74-66(72)4-2/h3-44H,1-2H2. The van der Waals surface area contributed by atoms with E-state index in [0.717, 1.165) is 102 Å². The van der Waals surface area contributed by atoms with E-state index in [-0.39, 0.29) is 0 Å². The fourth-order valence-corrected chi connectivity index (χ4v) is 9.34. The molecule has 8 heteroatoms. The van der Waals surface area contributed by atoms with Crippen LogP contribution in [0.5, 0.6) is 11.5 Å². The summed E-state index contributed by atoms with van der Waals surface area (Å²) in [7, 11) is 0. The number of halogens is 2. The molecule has 0 spiro atoms. The molecule has 10 aromatic carbocycles. The van der Waals surface area contributed by atoms with Crippen LogP contribution in [0.4, 0.5) is 34.1 Å². The third kappa shape index (κ3) is 10.8. The van der Waals surface area contributed by atoms with Gasteiger partial charge in [0, 0.05) is 34.9 Å². The number of benzene rings is 10. The van der Waals surface area contributed by atoms with E-state index in [1.165, 1.54) is 0 Å². The quantitative estimate of drug-likeness (QED) is 0.0579. The molecule has 358 valence electrons. The van der Waals surface area contributed by atoms with Gasteiger partial charge in [0.15, 0.2) is 0 Å². The number of anilines is 6. The highest BCUT2D eigenvalue weighted by molar-refractivity contribution is 6.34. The molecule has 10 aromatic rings. The van der Waals surface area contributed by atoms with Crippen molar-refractivity contribution in [3.63, 3.8) is 0 Å². The Labute approximate surface area is 440 Å². The number of rotatable bonds is 15. The summed E-state index contributed by atoms with van der Waals surface area (Å²) in [5.41, 5.74) is 15.5. The monoisotopic (exact) mass is 1000 g/mol. The topological polar surface area (TPSA) is 59.1 Å². The van der Waals surface area contributed by atoms with E-state index in [4.69, 9.17) is 32.7 Å². The first-order valence-electron chi connectivity index (χ1n) is 23.8. The van der Waals surface area contributed by atoms with Crippen molar-refractivity contribution < 1.29 is 19.1 Å². The fraction of sp³-hybridized carbons (Fsp3) is 0. The van der Waals surface area contributed by atoms with E-state index < -0.39 is 11.9 Å². The van der Waals surface area contributed by atoms with Crippen molar-refractivity contribution in [2.24, 2.45) is 0 Å². The van der Waals surface area contributed by atoms with Crippen LogP contribution in [0.3, 0.4) is 0 Å². The van der Waals surface area contributed by atoms with Gasteiger partial charge < -0.3 is 19.3 Å². The summed E-state index contributed by atoms with van der Waals surface area (Å²) in [6.45, 7) is 6.96. The molecular formula is C66H46Cl2N2O4. The molecule has 0 saturated heterocycles. The number of carbonyl (C=O) groups is 2. The molecule has 74 heavy (non-hydrogen) atoms. The second-order valence-corrected chi connectivity index (χ2v) is 18.0. The Kier molecular flexibility index (Phi) is 14.4. The SMILES string of the molecule is C=CC(=O)Oc1ccc(-c2ccc(N(c3ccc(-c4ccccc4)cc3)c3ccc(-c4ccc(N(c5ccc(-c6ccccc6)cc5)c5ccc(-c6ccc(OC(=O)C=C)cc6)cc5)c(Cl)c4)cc3Cl)cc2)cc1. The first kappa shape index (κ1) is 48.4. The molecule has 0 atom stereocenters. The lowest BCUT2D eigenvalue weighted by atomic mass is 10.0. The van der Waals surface area contributed by atoms with Gasteiger partial charge in [-0.3, -0.25) is 0 Å². The highest BCUT2D eigenvalue weighted by atomic mass is 35.5. The Hall–Kier alpha value is -9.20. The Balaban J connectivity index is 0.970. The molecule has 0 aliphatic heterocycles. The highest BCUT2D eigenvalue weighted by Gasteiger charge is 2.20. The van der Waals surface area contributed by atoms with E-state index >= 15 is 0 Å². The number of carbonyl (C=O) groups excluding carboxylic acids is 2. The average Bonchev–Trinajstić information content (AvgIpc) is 3.46. The molecule has 0 aliphatic carbocycles. The summed E-state index contributed by atoms with van der Waals surface area (Å²) in [5.74, 6) is -0.119. The van der Waals surface area contributed by atoms with Crippen LogP contribution in [-0.4, -0.2) is 11.9 Å². The van der Waals surface area contributed by atoms with Gasteiger partial charge in [0.1, 0.15) is 11.5 Å². The van der Waals surface area contributed by atoms with Crippen molar-refractivity contribution in [3.8, 4) is 67.1 Å². The van der Waals surface area contributed by atoms with E-state index in [9.17, 15) is 9.59 Å². The fourth-order valence-electron chi connectivity index (χ4n) is 8.81. The van der Waals surface area contributed by atoms with Crippen LogP contribution in [0.25, 0.3) is 55.6 Å². The Morgan fingerprint density at radius 2 is 0.568 bits per heavy atom. The largest absolute Gasteiger partial charge is 0.423 e. The molecule has 0 aliphatic rings. The molecular weight excluding hydrogens is 956 g/mol. The maximum Gasteiger partial charge on any atom is 0.335 e. The maximum absolute atomic E-state index is 11.8. The lowest BCUT2D eigenvalue weighted by Crippen LogP contribution is -2.11. The molecule has 0 saturated carbocycles. The van der Waals surface area contributed by atoms with E-state index in [0.29, 0.717) is 21.5 Å². The number of hydrogen-bond donors (Lipinski definition) is 0. The van der Waals surface area contributed by atoms with Crippen molar-refractivity contribution in [2.45, 2.75) is 0 Å². The van der Waals surface area contributed by atoms with Crippen LogP contribution in [0.1, 0.15) is 0 Å². The zero-order valence-electron chi connectivity index (χ0n) is 39.9. The van der Waals surface area contributed by atoms with Crippen molar-refractivity contribution in [1.82, 2.24) is 0 Å². The minimum atomic E-state index is -0.507. The predicted octanol–water partition coefficient (Wildman–Crippen LogP) is 18.5. The lowest BCUT2D eigenvalue weighted by Gasteiger charge is -2.28. The van der Waals surface area contributed by atoms with Crippen LogP contribution in [-0.2, 0) is 9.59 Å². The van der Waals surface area contributed by atoms with E-state index in [1.807, 2.05) is 84.9 Å². The number of nitrogens with zero attached hydrogens (tertiary/aromatic N) is 2. The second kappa shape index (κ2) is 22.1. The minimum Gasteiger partial charge on any atom is -0.423 e. The Bertz CT molecular complexity index is 3360. The van der Waals surface area contributed by atoms with Gasteiger partial charge >= 0.3 is 11.9 Å². The zero-order chi connectivity index (χ0) is 51.0. The molecule has 0 bridgehead atoms. The number of ether oxygens (including phenoxy) is 2. The third-order valence-electron chi connectivity index (χ3n) is 12.6. The van der Waals surface area contributed by atoms with Gasteiger partial charge in [-0.05, 0) is 153 Å². The van der Waals surface area contributed by atoms with Crippen molar-refractivity contribution in [2.75, 3.05) is 9.80 Å². The van der Waals surface area contributed by atoms with Crippen LogP contribution in [0.15, 0.2) is 268 Å². The van der Waals surface area contributed by atoms with Crippen LogP contribution in [0.2, 0.25) is 10.0 Å². The van der Waals surface area contributed by atoms with Gasteiger partial charge in [-0.2, -0.15) is 0 Å². The van der Waals surface area contributed by atoms with Gasteiger partial charge in [-0.15, -0.1) is 0 Å². The predicted molar refractivity (Wildman–Crippen MR) is 305 cm³/mol. The molecule has 0 heterocycles. The van der Waals surface area contributed by atoms with Crippen LogP contribution in [0, 0.1) is 0 Å².